The van der Waals surface area contributed by atoms with Gasteiger partial charge in [0.25, 0.3) is 0 Å². The summed E-state index contributed by atoms with van der Waals surface area (Å²) in [5.41, 5.74) is 4.02. The second-order valence-corrected chi connectivity index (χ2v) is 10.8. The highest BCUT2D eigenvalue weighted by molar-refractivity contribution is 7.93. The molecule has 7 nitrogen and oxygen atoms in total. The number of amidine groups is 1. The van der Waals surface area contributed by atoms with Gasteiger partial charge in [-0.05, 0) is 39.7 Å². The van der Waals surface area contributed by atoms with Crippen LogP contribution in [0.15, 0.2) is 17.1 Å². The third-order valence-corrected chi connectivity index (χ3v) is 8.41. The number of benzene rings is 1. The zero-order chi connectivity index (χ0) is 21.6. The minimum absolute atomic E-state index is 0.0348. The third-order valence-electron chi connectivity index (χ3n) is 5.70. The van der Waals surface area contributed by atoms with Gasteiger partial charge in [-0.25, -0.2) is 17.2 Å². The summed E-state index contributed by atoms with van der Waals surface area (Å²) in [5, 5.41) is 2.59. The molecule has 0 unspecified atom stereocenters. The molecule has 2 heterocycles. The number of nitrogens with one attached hydrogen (secondary N) is 1. The lowest BCUT2D eigenvalue weighted by molar-refractivity contribution is -0.122. The predicted molar refractivity (Wildman–Crippen MR) is 105 cm³/mol. The van der Waals surface area contributed by atoms with Crippen LogP contribution in [-0.4, -0.2) is 43.9 Å². The van der Waals surface area contributed by atoms with Crippen LogP contribution in [-0.2, 0) is 24.9 Å². The first-order valence-corrected chi connectivity index (χ1v) is 11.0. The zero-order valence-electron chi connectivity index (χ0n) is 16.6. The van der Waals surface area contributed by atoms with Crippen molar-refractivity contribution in [3.63, 3.8) is 0 Å². The molecular weight excluding hydrogens is 404 g/mol. The first kappa shape index (κ1) is 21.6. The van der Waals surface area contributed by atoms with Crippen LogP contribution in [0.3, 0.4) is 0 Å². The lowest BCUT2D eigenvalue weighted by Crippen LogP contribution is -2.55. The minimum atomic E-state index is -3.79. The Kier molecular flexibility index (Phi) is 5.46. The fraction of sp³-hybridized carbons (Fsp3) is 0.579. The van der Waals surface area contributed by atoms with E-state index in [1.54, 1.807) is 0 Å². The summed E-state index contributed by atoms with van der Waals surface area (Å²) in [4.78, 5) is 16.7. The van der Waals surface area contributed by atoms with Gasteiger partial charge in [-0.15, -0.1) is 0 Å². The molecule has 160 valence electrons. The van der Waals surface area contributed by atoms with Crippen molar-refractivity contribution < 1.29 is 26.7 Å². The quantitative estimate of drug-likeness (QED) is 0.765. The molecule has 1 aromatic rings. The second kappa shape index (κ2) is 7.32. The zero-order valence-corrected chi connectivity index (χ0v) is 17.4. The molecule has 1 amide bonds. The molecule has 0 bridgehead atoms. The van der Waals surface area contributed by atoms with Crippen molar-refractivity contribution in [2.75, 3.05) is 24.3 Å². The Morgan fingerprint density at radius 2 is 1.86 bits per heavy atom. The standard InChI is InChI=1S/C19H25F2N3O4S/c1-18(2)17(22)24-19(3,10-29(18,26)27)13-8-12(9-14(20)15(13)21)23-16(25)11-4-6-28-7-5-11/h8-9,11H,4-7,10H2,1-3H3,(H2,22,24)(H,23,25)/t19-/m0/s1. The fourth-order valence-corrected chi connectivity index (χ4v) is 5.22. The molecule has 1 aromatic carbocycles. The average Bonchev–Trinajstić information content (AvgIpc) is 2.63. The van der Waals surface area contributed by atoms with Gasteiger partial charge < -0.3 is 15.8 Å². The Balaban J connectivity index is 2.00. The Morgan fingerprint density at radius 3 is 2.45 bits per heavy atom. The molecule has 3 N–H and O–H groups in total. The largest absolute Gasteiger partial charge is 0.386 e. The Bertz CT molecular complexity index is 972. The van der Waals surface area contributed by atoms with E-state index >= 15 is 0 Å². The number of sulfone groups is 1. The maximum Gasteiger partial charge on any atom is 0.227 e. The number of hydrogen-bond donors (Lipinski definition) is 2. The number of carbonyl (C=O) groups excluding carboxylic acids is 1. The van der Waals surface area contributed by atoms with Crippen LogP contribution < -0.4 is 11.1 Å². The maximum absolute atomic E-state index is 14.7. The lowest BCUT2D eigenvalue weighted by atomic mass is 9.92. The van der Waals surface area contributed by atoms with Gasteiger partial charge in [0, 0.05) is 36.4 Å². The molecule has 1 fully saturated rings. The number of nitrogens with two attached hydrogens (primary N) is 1. The number of ether oxygens (including phenoxy) is 1. The van der Waals surface area contributed by atoms with Crippen LogP contribution >= 0.6 is 0 Å². The van der Waals surface area contributed by atoms with Gasteiger partial charge in [0.15, 0.2) is 21.5 Å². The minimum Gasteiger partial charge on any atom is -0.386 e. The van der Waals surface area contributed by atoms with Crippen LogP contribution in [0, 0.1) is 17.6 Å². The number of aliphatic imine (C=N–C) groups is 1. The summed E-state index contributed by atoms with van der Waals surface area (Å²) in [5.74, 6) is -3.76. The number of anilines is 1. The summed E-state index contributed by atoms with van der Waals surface area (Å²) in [6.07, 6.45) is 1.07. The molecule has 1 atom stereocenters. The van der Waals surface area contributed by atoms with E-state index in [0.717, 1.165) is 6.07 Å². The molecule has 0 aliphatic carbocycles. The molecule has 1 saturated heterocycles. The number of rotatable bonds is 3. The Morgan fingerprint density at radius 1 is 1.24 bits per heavy atom. The molecule has 0 saturated carbocycles. The summed E-state index contributed by atoms with van der Waals surface area (Å²) in [7, 11) is -3.79. The molecule has 29 heavy (non-hydrogen) atoms. The number of carbonyl (C=O) groups is 1. The maximum atomic E-state index is 14.7. The molecular formula is C19H25F2N3O4S. The second-order valence-electron chi connectivity index (χ2n) is 8.24. The van der Waals surface area contributed by atoms with Crippen LogP contribution in [0.2, 0.25) is 0 Å². The van der Waals surface area contributed by atoms with E-state index in [9.17, 15) is 22.0 Å². The molecule has 2 aliphatic rings. The number of nitrogens with zero attached hydrogens (tertiary/aromatic N) is 1. The van der Waals surface area contributed by atoms with Gasteiger partial charge in [-0.2, -0.15) is 0 Å². The van der Waals surface area contributed by atoms with Crippen molar-refractivity contribution in [2.24, 2.45) is 16.6 Å². The predicted octanol–water partition coefficient (Wildman–Crippen LogP) is 2.11. The van der Waals surface area contributed by atoms with E-state index < -0.39 is 37.5 Å². The van der Waals surface area contributed by atoms with E-state index in [-0.39, 0.29) is 28.9 Å². The molecule has 3 rings (SSSR count). The molecule has 0 aromatic heterocycles. The van der Waals surface area contributed by atoms with Gasteiger partial charge in [0.1, 0.15) is 16.1 Å². The van der Waals surface area contributed by atoms with Crippen molar-refractivity contribution >= 4 is 27.3 Å². The normalized spacial score (nSPS) is 26.6. The Labute approximate surface area is 168 Å². The Hall–Kier alpha value is -2.07. The van der Waals surface area contributed by atoms with E-state index in [4.69, 9.17) is 10.5 Å². The highest BCUT2D eigenvalue weighted by Crippen LogP contribution is 2.39. The smallest absolute Gasteiger partial charge is 0.227 e. The highest BCUT2D eigenvalue weighted by atomic mass is 32.2. The fourth-order valence-electron chi connectivity index (χ4n) is 3.54. The van der Waals surface area contributed by atoms with Crippen molar-refractivity contribution in [1.82, 2.24) is 0 Å². The number of hydrogen-bond acceptors (Lipinski definition) is 6. The van der Waals surface area contributed by atoms with Gasteiger partial charge in [0.2, 0.25) is 5.91 Å². The van der Waals surface area contributed by atoms with Gasteiger partial charge in [-0.3, -0.25) is 9.79 Å². The molecule has 2 aliphatic heterocycles. The topological polar surface area (TPSA) is 111 Å². The number of amides is 1. The van der Waals surface area contributed by atoms with Gasteiger partial charge >= 0.3 is 0 Å². The average molecular weight is 429 g/mol. The van der Waals surface area contributed by atoms with E-state index in [1.807, 2.05) is 0 Å². The number of halogens is 2. The van der Waals surface area contributed by atoms with Crippen molar-refractivity contribution in [3.05, 3.63) is 29.3 Å². The van der Waals surface area contributed by atoms with E-state index in [1.165, 1.54) is 26.8 Å². The summed E-state index contributed by atoms with van der Waals surface area (Å²) in [6, 6.07) is 2.09. The summed E-state index contributed by atoms with van der Waals surface area (Å²) in [6.45, 7) is 5.14. The summed E-state index contributed by atoms with van der Waals surface area (Å²) >= 11 is 0. The highest BCUT2D eigenvalue weighted by Gasteiger charge is 2.49. The molecule has 10 heteroatoms. The van der Waals surface area contributed by atoms with Crippen LogP contribution in [0.5, 0.6) is 0 Å². The summed E-state index contributed by atoms with van der Waals surface area (Å²) < 4.78 is 58.2. The van der Waals surface area contributed by atoms with Crippen molar-refractivity contribution in [2.45, 2.75) is 43.9 Å². The molecule has 0 radical (unpaired) electrons. The van der Waals surface area contributed by atoms with Gasteiger partial charge in [0.05, 0.1) is 5.75 Å². The van der Waals surface area contributed by atoms with E-state index in [2.05, 4.69) is 10.3 Å². The van der Waals surface area contributed by atoms with Crippen LogP contribution in [0.1, 0.15) is 39.2 Å². The van der Waals surface area contributed by atoms with Crippen molar-refractivity contribution in [1.29, 1.82) is 0 Å². The third kappa shape index (κ3) is 3.87. The van der Waals surface area contributed by atoms with Crippen LogP contribution in [0.4, 0.5) is 14.5 Å². The van der Waals surface area contributed by atoms with E-state index in [0.29, 0.717) is 26.1 Å². The SMILES string of the molecule is CC1(C)C(N)=N[C@](C)(c2cc(NC(=O)C3CCOCC3)cc(F)c2F)CS1(=O)=O. The van der Waals surface area contributed by atoms with Crippen molar-refractivity contribution in [3.8, 4) is 0 Å². The lowest BCUT2D eigenvalue weighted by Gasteiger charge is -2.38. The molecule has 0 spiro atoms. The first-order valence-electron chi connectivity index (χ1n) is 9.33. The van der Waals surface area contributed by atoms with Gasteiger partial charge in [-0.1, -0.05) is 0 Å². The van der Waals surface area contributed by atoms with Crippen LogP contribution in [0.25, 0.3) is 0 Å². The monoisotopic (exact) mass is 429 g/mol. The first-order chi connectivity index (χ1) is 13.4.